The second-order valence-corrected chi connectivity index (χ2v) is 9.33. The Kier molecular flexibility index (Phi) is 4.09. The van der Waals surface area contributed by atoms with Gasteiger partial charge in [0.25, 0.3) is 0 Å². The van der Waals surface area contributed by atoms with Crippen LogP contribution in [0.25, 0.3) is 0 Å². The lowest BCUT2D eigenvalue weighted by Crippen LogP contribution is -2.65. The van der Waals surface area contributed by atoms with E-state index in [1.807, 2.05) is 0 Å². The summed E-state index contributed by atoms with van der Waals surface area (Å²) < 4.78 is 10.6. The van der Waals surface area contributed by atoms with Crippen LogP contribution in [0.15, 0.2) is 11.6 Å². The summed E-state index contributed by atoms with van der Waals surface area (Å²) in [6, 6.07) is 0. The van der Waals surface area contributed by atoms with Crippen LogP contribution < -0.4 is 0 Å². The van der Waals surface area contributed by atoms with Crippen molar-refractivity contribution in [1.29, 1.82) is 0 Å². The third-order valence-corrected chi connectivity index (χ3v) is 8.30. The summed E-state index contributed by atoms with van der Waals surface area (Å²) in [5.74, 6) is 0.192. The summed E-state index contributed by atoms with van der Waals surface area (Å²) in [6.07, 6.45) is 2.64. The Morgan fingerprint density at radius 2 is 1.96 bits per heavy atom. The number of cyclic esters (lactones) is 1. The van der Waals surface area contributed by atoms with Crippen molar-refractivity contribution in [2.24, 2.45) is 22.7 Å². The molecule has 0 aromatic carbocycles. The van der Waals surface area contributed by atoms with Gasteiger partial charge in [-0.15, -0.1) is 0 Å². The first kappa shape index (κ1) is 18.4. The van der Waals surface area contributed by atoms with E-state index in [0.717, 1.165) is 19.3 Å². The van der Waals surface area contributed by atoms with Crippen LogP contribution in [0.3, 0.4) is 0 Å². The van der Waals surface area contributed by atoms with Crippen LogP contribution in [0, 0.1) is 22.7 Å². The fourth-order valence-corrected chi connectivity index (χ4v) is 6.19. The van der Waals surface area contributed by atoms with Crippen molar-refractivity contribution in [3.63, 3.8) is 0 Å². The Balaban J connectivity index is 1.62. The van der Waals surface area contributed by atoms with Gasteiger partial charge in [-0.05, 0) is 55.4 Å². The van der Waals surface area contributed by atoms with E-state index in [1.165, 1.54) is 6.08 Å². The minimum absolute atomic E-state index is 0.0955. The first-order chi connectivity index (χ1) is 12.1. The number of esters is 1. The molecule has 2 aliphatic carbocycles. The smallest absolute Gasteiger partial charge is 0.336 e. The fourth-order valence-electron chi connectivity index (χ4n) is 6.19. The van der Waals surface area contributed by atoms with Crippen molar-refractivity contribution in [2.75, 3.05) is 6.61 Å². The van der Waals surface area contributed by atoms with Crippen molar-refractivity contribution in [3.8, 4) is 0 Å². The maximum atomic E-state index is 11.9. The molecule has 0 unspecified atom stereocenters. The fraction of sp³-hybridized carbons (Fsp3) is 0.850. The van der Waals surface area contributed by atoms with E-state index in [2.05, 4.69) is 20.8 Å². The summed E-state index contributed by atoms with van der Waals surface area (Å²) in [7, 11) is 0. The van der Waals surface area contributed by atoms with E-state index < -0.39 is 30.1 Å². The predicted octanol–water partition coefficient (Wildman–Crippen LogP) is 1.52. The zero-order valence-electron chi connectivity index (χ0n) is 15.8. The molecule has 4 rings (SSSR count). The molecule has 2 aliphatic heterocycles. The second kappa shape index (κ2) is 5.77. The normalized spacial score (nSPS) is 53.2. The Bertz CT molecular complexity index is 640. The molecule has 146 valence electrons. The zero-order chi connectivity index (χ0) is 18.9. The van der Waals surface area contributed by atoms with Crippen molar-refractivity contribution in [2.45, 2.75) is 77.0 Å². The quantitative estimate of drug-likeness (QED) is 0.517. The molecule has 2 saturated carbocycles. The highest BCUT2D eigenvalue weighted by Crippen LogP contribution is 2.68. The molecular formula is C20H30O6. The number of ether oxygens (including phenoxy) is 2. The maximum absolute atomic E-state index is 11.9. The molecule has 3 fully saturated rings. The lowest BCUT2D eigenvalue weighted by atomic mass is 9.43. The number of carbonyl (C=O) groups excluding carboxylic acids is 1. The minimum atomic E-state index is -1.13. The number of fused-ring (bicyclic) bond motifs is 2. The van der Waals surface area contributed by atoms with Crippen molar-refractivity contribution in [1.82, 2.24) is 0 Å². The Labute approximate surface area is 154 Å². The highest BCUT2D eigenvalue weighted by atomic mass is 16.6. The number of aliphatic hydroxyl groups is 3. The average Bonchev–Trinajstić information content (AvgIpc) is 3.33. The molecule has 8 atom stereocenters. The largest absolute Gasteiger partial charge is 0.429 e. The van der Waals surface area contributed by atoms with Gasteiger partial charge < -0.3 is 24.8 Å². The van der Waals surface area contributed by atoms with E-state index in [0.29, 0.717) is 30.9 Å². The molecule has 0 aromatic heterocycles. The number of hydrogen-bond acceptors (Lipinski definition) is 6. The van der Waals surface area contributed by atoms with Gasteiger partial charge in [0.2, 0.25) is 6.29 Å². The monoisotopic (exact) mass is 366 g/mol. The van der Waals surface area contributed by atoms with Crippen molar-refractivity contribution >= 4 is 5.97 Å². The van der Waals surface area contributed by atoms with Gasteiger partial charge in [0.05, 0.1) is 12.7 Å². The minimum Gasteiger partial charge on any atom is -0.429 e. The van der Waals surface area contributed by atoms with E-state index in [1.54, 1.807) is 0 Å². The van der Waals surface area contributed by atoms with Crippen molar-refractivity contribution in [3.05, 3.63) is 11.6 Å². The van der Waals surface area contributed by atoms with Crippen LogP contribution in [0.5, 0.6) is 0 Å². The van der Waals surface area contributed by atoms with Gasteiger partial charge in [-0.2, -0.15) is 0 Å². The standard InChI is InChI=1S/C20H30O6/c1-11-4-7-19(3)14(9-13(21)16(23)20(19)10-25-20)18(11,2)6-5-12-8-15(22)26-17(12)24/h8,11,13-16,21-23H,4-7,9-10H2,1-3H3/t11-,13+,14-,15-,16+,18+,19-,20+/m1/s1. The van der Waals surface area contributed by atoms with Crippen LogP contribution in [0.1, 0.15) is 52.9 Å². The Morgan fingerprint density at radius 3 is 2.54 bits per heavy atom. The summed E-state index contributed by atoms with van der Waals surface area (Å²) in [6.45, 7) is 7.20. The summed E-state index contributed by atoms with van der Waals surface area (Å²) >= 11 is 0. The average molecular weight is 366 g/mol. The topological polar surface area (TPSA) is 99.5 Å². The van der Waals surface area contributed by atoms with Gasteiger partial charge in [-0.1, -0.05) is 20.8 Å². The molecule has 4 aliphatic rings. The van der Waals surface area contributed by atoms with Crippen LogP contribution in [0.2, 0.25) is 0 Å². The molecule has 6 nitrogen and oxygen atoms in total. The van der Waals surface area contributed by atoms with Crippen LogP contribution >= 0.6 is 0 Å². The van der Waals surface area contributed by atoms with Gasteiger partial charge in [0.15, 0.2) is 0 Å². The second-order valence-electron chi connectivity index (χ2n) is 9.33. The van der Waals surface area contributed by atoms with E-state index in [9.17, 15) is 20.1 Å². The van der Waals surface area contributed by atoms with Gasteiger partial charge in [-0.3, -0.25) is 0 Å². The lowest BCUT2D eigenvalue weighted by Gasteiger charge is -2.61. The number of hydrogen-bond donors (Lipinski definition) is 3. The molecule has 1 saturated heterocycles. The molecule has 0 amide bonds. The Hall–Kier alpha value is -0.950. The molecular weight excluding hydrogens is 336 g/mol. The predicted molar refractivity (Wildman–Crippen MR) is 92.8 cm³/mol. The third-order valence-electron chi connectivity index (χ3n) is 8.30. The molecule has 0 aromatic rings. The van der Waals surface area contributed by atoms with Crippen LogP contribution in [-0.2, 0) is 14.3 Å². The van der Waals surface area contributed by atoms with E-state index in [-0.39, 0.29) is 16.7 Å². The number of carbonyl (C=O) groups is 1. The Morgan fingerprint density at radius 1 is 1.27 bits per heavy atom. The summed E-state index contributed by atoms with van der Waals surface area (Å²) in [4.78, 5) is 11.9. The first-order valence-corrected chi connectivity index (χ1v) is 9.74. The van der Waals surface area contributed by atoms with E-state index >= 15 is 0 Å². The third kappa shape index (κ3) is 2.35. The highest BCUT2D eigenvalue weighted by Gasteiger charge is 2.73. The molecule has 1 spiro atoms. The molecule has 26 heavy (non-hydrogen) atoms. The number of epoxide rings is 1. The molecule has 6 heteroatoms. The van der Waals surface area contributed by atoms with Gasteiger partial charge in [-0.25, -0.2) is 4.79 Å². The zero-order valence-corrected chi connectivity index (χ0v) is 15.8. The summed E-state index contributed by atoms with van der Waals surface area (Å²) in [5.41, 5.74) is -0.371. The van der Waals surface area contributed by atoms with Crippen molar-refractivity contribution < 1.29 is 29.6 Å². The molecule has 2 heterocycles. The SMILES string of the molecule is C[C@@H]1CC[C@]2(C)[C@H](C[C@H](O)[C@H](O)[C@@]23CO3)[C@@]1(C)CCC1=C[C@H](O)OC1=O. The molecule has 0 radical (unpaired) electrons. The lowest BCUT2D eigenvalue weighted by molar-refractivity contribution is -0.197. The molecule has 3 N–H and O–H groups in total. The van der Waals surface area contributed by atoms with E-state index in [4.69, 9.17) is 9.47 Å². The van der Waals surface area contributed by atoms with Gasteiger partial charge in [0.1, 0.15) is 11.7 Å². The van der Waals surface area contributed by atoms with Crippen LogP contribution in [0.4, 0.5) is 0 Å². The highest BCUT2D eigenvalue weighted by molar-refractivity contribution is 5.90. The molecule has 0 bridgehead atoms. The first-order valence-electron chi connectivity index (χ1n) is 9.74. The number of aliphatic hydroxyl groups excluding tert-OH is 3. The number of rotatable bonds is 3. The van der Waals surface area contributed by atoms with Crippen LogP contribution in [-0.4, -0.2) is 52.0 Å². The van der Waals surface area contributed by atoms with Gasteiger partial charge >= 0.3 is 5.97 Å². The maximum Gasteiger partial charge on any atom is 0.336 e. The van der Waals surface area contributed by atoms with Gasteiger partial charge in [0, 0.05) is 11.0 Å². The summed E-state index contributed by atoms with van der Waals surface area (Å²) in [5, 5.41) is 30.6.